The summed E-state index contributed by atoms with van der Waals surface area (Å²) in [6.45, 7) is 3.36. The molecule has 7 heteroatoms. The van der Waals surface area contributed by atoms with Gasteiger partial charge in [0.25, 0.3) is 0 Å². The zero-order chi connectivity index (χ0) is 14.7. The van der Waals surface area contributed by atoms with Crippen LogP contribution in [0.2, 0.25) is 0 Å². The highest BCUT2D eigenvalue weighted by atomic mass is 32.1. The Kier molecular flexibility index (Phi) is 4.51. The molecule has 0 atom stereocenters. The predicted molar refractivity (Wildman–Crippen MR) is 80.8 cm³/mol. The van der Waals surface area contributed by atoms with Crippen molar-refractivity contribution < 1.29 is 9.90 Å². The Morgan fingerprint density at radius 1 is 1.50 bits per heavy atom. The molecule has 2 aromatic rings. The van der Waals surface area contributed by atoms with E-state index in [1.165, 1.54) is 11.3 Å². The minimum absolute atomic E-state index is 0.216. The van der Waals surface area contributed by atoms with Crippen LogP contribution in [0.25, 0.3) is 10.3 Å². The minimum Gasteiger partial charge on any atom is -0.478 e. The summed E-state index contributed by atoms with van der Waals surface area (Å²) in [5.74, 6) is -0.972. The average molecular weight is 294 g/mol. The molecule has 0 saturated carbocycles. The lowest BCUT2D eigenvalue weighted by molar-refractivity contribution is 0.0697. The summed E-state index contributed by atoms with van der Waals surface area (Å²) >= 11 is 1.42. The zero-order valence-electron chi connectivity index (χ0n) is 11.8. The molecule has 0 bridgehead atoms. The maximum atomic E-state index is 11.4. The molecule has 0 fully saturated rings. The van der Waals surface area contributed by atoms with Crippen molar-refractivity contribution in [2.45, 2.75) is 13.3 Å². The largest absolute Gasteiger partial charge is 0.478 e. The number of carboxylic acids is 1. The third-order valence-electron chi connectivity index (χ3n) is 2.96. The number of nitrogens with zero attached hydrogens (tertiary/aromatic N) is 3. The number of aromatic carboxylic acids is 1. The Bertz CT molecular complexity index is 624. The molecular weight excluding hydrogens is 276 g/mol. The number of carboxylic acid groups (broad SMARTS) is 1. The van der Waals surface area contributed by atoms with Gasteiger partial charge in [-0.25, -0.2) is 14.8 Å². The Morgan fingerprint density at radius 2 is 2.25 bits per heavy atom. The Balaban J connectivity index is 2.30. The predicted octanol–water partition coefficient (Wildman–Crippen LogP) is 2.06. The van der Waals surface area contributed by atoms with E-state index in [0.717, 1.165) is 17.8 Å². The highest BCUT2D eigenvalue weighted by Gasteiger charge is 2.19. The first kappa shape index (κ1) is 14.7. The maximum Gasteiger partial charge on any atom is 0.339 e. The van der Waals surface area contributed by atoms with Crippen LogP contribution in [0.3, 0.4) is 0 Å². The quantitative estimate of drug-likeness (QED) is 0.794. The van der Waals surface area contributed by atoms with E-state index in [4.69, 9.17) is 0 Å². The first-order chi connectivity index (χ1) is 9.50. The fourth-order valence-electron chi connectivity index (χ4n) is 2.04. The Labute approximate surface area is 121 Å². The molecule has 20 heavy (non-hydrogen) atoms. The number of aromatic nitrogens is 2. The molecule has 2 heterocycles. The summed E-state index contributed by atoms with van der Waals surface area (Å²) < 4.78 is 0. The smallest absolute Gasteiger partial charge is 0.339 e. The van der Waals surface area contributed by atoms with Gasteiger partial charge in [-0.1, -0.05) is 0 Å². The van der Waals surface area contributed by atoms with Gasteiger partial charge in [0.1, 0.15) is 15.9 Å². The summed E-state index contributed by atoms with van der Waals surface area (Å²) in [6, 6.07) is 0. The van der Waals surface area contributed by atoms with E-state index < -0.39 is 5.97 Å². The molecule has 2 N–H and O–H groups in total. The van der Waals surface area contributed by atoms with E-state index in [0.29, 0.717) is 23.4 Å². The van der Waals surface area contributed by atoms with Crippen LogP contribution in [0.4, 0.5) is 5.69 Å². The van der Waals surface area contributed by atoms with E-state index in [9.17, 15) is 9.90 Å². The maximum absolute atomic E-state index is 11.4. The summed E-state index contributed by atoms with van der Waals surface area (Å²) in [5.41, 5.74) is 3.65. The van der Waals surface area contributed by atoms with Crippen molar-refractivity contribution in [2.75, 3.05) is 32.5 Å². The summed E-state index contributed by atoms with van der Waals surface area (Å²) in [7, 11) is 4.02. The van der Waals surface area contributed by atoms with E-state index >= 15 is 0 Å². The van der Waals surface area contributed by atoms with E-state index in [1.54, 1.807) is 12.4 Å². The van der Waals surface area contributed by atoms with Gasteiger partial charge in [0.2, 0.25) is 0 Å². The average Bonchev–Trinajstić information content (AvgIpc) is 2.80. The molecule has 2 aromatic heterocycles. The lowest BCUT2D eigenvalue weighted by Gasteiger charge is -2.13. The van der Waals surface area contributed by atoms with Crippen LogP contribution < -0.4 is 5.32 Å². The second kappa shape index (κ2) is 6.15. The van der Waals surface area contributed by atoms with Gasteiger partial charge < -0.3 is 15.3 Å². The summed E-state index contributed by atoms with van der Waals surface area (Å²) in [5, 5.41) is 12.6. The number of fused-ring (bicyclic) bond motifs is 1. The molecule has 0 aliphatic heterocycles. The second-order valence-corrected chi connectivity index (χ2v) is 5.68. The molecule has 6 nitrogen and oxygen atoms in total. The number of aryl methyl sites for hydroxylation is 1. The minimum atomic E-state index is -0.972. The monoisotopic (exact) mass is 294 g/mol. The third-order valence-corrected chi connectivity index (χ3v) is 3.68. The summed E-state index contributed by atoms with van der Waals surface area (Å²) in [4.78, 5) is 22.8. The van der Waals surface area contributed by atoms with Gasteiger partial charge in [-0.2, -0.15) is 0 Å². The van der Waals surface area contributed by atoms with Gasteiger partial charge in [0.05, 0.1) is 16.9 Å². The molecule has 108 valence electrons. The SMILES string of the molecule is Cc1nc2scnc2c(NCCCN(C)C)c1C(=O)O. The number of nitrogens with one attached hydrogen (secondary N) is 1. The van der Waals surface area contributed by atoms with Crippen molar-refractivity contribution in [2.24, 2.45) is 0 Å². The van der Waals surface area contributed by atoms with Crippen molar-refractivity contribution in [1.29, 1.82) is 0 Å². The molecule has 0 aliphatic carbocycles. The van der Waals surface area contributed by atoms with Crippen LogP contribution in [0.1, 0.15) is 22.5 Å². The number of anilines is 1. The van der Waals surface area contributed by atoms with Gasteiger partial charge >= 0.3 is 5.97 Å². The third kappa shape index (κ3) is 3.05. The second-order valence-electron chi connectivity index (χ2n) is 4.84. The number of hydrogen-bond donors (Lipinski definition) is 2. The van der Waals surface area contributed by atoms with Crippen LogP contribution in [-0.4, -0.2) is 53.1 Å². The number of rotatable bonds is 6. The molecule has 0 unspecified atom stereocenters. The molecular formula is C13H18N4O2S. The molecule has 0 aromatic carbocycles. The van der Waals surface area contributed by atoms with Gasteiger partial charge in [0, 0.05) is 6.54 Å². The lowest BCUT2D eigenvalue weighted by atomic mass is 10.1. The fraction of sp³-hybridized carbons (Fsp3) is 0.462. The first-order valence-corrected chi connectivity index (χ1v) is 7.24. The van der Waals surface area contributed by atoms with Gasteiger partial charge in [-0.3, -0.25) is 0 Å². The van der Waals surface area contributed by atoms with Crippen molar-refractivity contribution in [3.63, 3.8) is 0 Å². The number of pyridine rings is 1. The summed E-state index contributed by atoms with van der Waals surface area (Å²) in [6.07, 6.45) is 0.930. The van der Waals surface area contributed by atoms with Crippen LogP contribution in [-0.2, 0) is 0 Å². The molecule has 0 radical (unpaired) electrons. The highest BCUT2D eigenvalue weighted by Crippen LogP contribution is 2.29. The van der Waals surface area contributed by atoms with E-state index in [1.807, 2.05) is 14.1 Å². The van der Waals surface area contributed by atoms with Crippen molar-refractivity contribution in [3.8, 4) is 0 Å². The number of carbonyl (C=O) groups is 1. The molecule has 0 saturated heterocycles. The lowest BCUT2D eigenvalue weighted by Crippen LogP contribution is -2.17. The normalized spacial score (nSPS) is 11.2. The van der Waals surface area contributed by atoms with Gasteiger partial charge in [-0.05, 0) is 34.0 Å². The Morgan fingerprint density at radius 3 is 2.90 bits per heavy atom. The van der Waals surface area contributed by atoms with Crippen LogP contribution >= 0.6 is 11.3 Å². The standard InChI is InChI=1S/C13H18N4O2S/c1-8-9(13(18)19)10(14-5-4-6-17(2)3)11-12(16-8)20-7-15-11/h7H,4-6H2,1-3H3,(H,14,16)(H,18,19). The van der Waals surface area contributed by atoms with Crippen molar-refractivity contribution in [3.05, 3.63) is 16.8 Å². The van der Waals surface area contributed by atoms with E-state index in [-0.39, 0.29) is 5.56 Å². The Hall–Kier alpha value is -1.73. The van der Waals surface area contributed by atoms with Crippen LogP contribution in [0.5, 0.6) is 0 Å². The molecule has 0 aliphatic rings. The van der Waals surface area contributed by atoms with Crippen LogP contribution in [0, 0.1) is 6.92 Å². The molecule has 2 rings (SSSR count). The fourth-order valence-corrected chi connectivity index (χ4v) is 2.75. The number of thiazole rings is 1. The van der Waals surface area contributed by atoms with Gasteiger partial charge in [-0.15, -0.1) is 11.3 Å². The van der Waals surface area contributed by atoms with Gasteiger partial charge in [0.15, 0.2) is 0 Å². The number of hydrogen-bond acceptors (Lipinski definition) is 6. The highest BCUT2D eigenvalue weighted by molar-refractivity contribution is 7.16. The van der Waals surface area contributed by atoms with E-state index in [2.05, 4.69) is 20.2 Å². The topological polar surface area (TPSA) is 78.4 Å². The van der Waals surface area contributed by atoms with Crippen molar-refractivity contribution in [1.82, 2.24) is 14.9 Å². The zero-order valence-corrected chi connectivity index (χ0v) is 12.6. The molecule has 0 spiro atoms. The van der Waals surface area contributed by atoms with Crippen molar-refractivity contribution >= 4 is 33.3 Å². The van der Waals surface area contributed by atoms with Crippen LogP contribution in [0.15, 0.2) is 5.51 Å². The molecule has 0 amide bonds. The first-order valence-electron chi connectivity index (χ1n) is 6.36.